The monoisotopic (exact) mass is 431 g/mol. The number of anilines is 1. The van der Waals surface area contributed by atoms with E-state index in [9.17, 15) is 9.59 Å². The lowest BCUT2D eigenvalue weighted by molar-refractivity contribution is -0.124. The first kappa shape index (κ1) is 22.6. The van der Waals surface area contributed by atoms with Crippen LogP contribution in [0, 0.1) is 0 Å². The van der Waals surface area contributed by atoms with Gasteiger partial charge in [-0.1, -0.05) is 30.3 Å². The molecule has 0 heterocycles. The Morgan fingerprint density at radius 2 is 1.50 bits per heavy atom. The average molecular weight is 431 g/mol. The number of nitrogens with zero attached hydrogens (tertiary/aromatic N) is 1. The first-order valence-electron chi connectivity index (χ1n) is 10.1. The summed E-state index contributed by atoms with van der Waals surface area (Å²) in [5.41, 5.74) is 4.98. The number of carbonyl (C=O) groups is 2. The Bertz CT molecular complexity index is 1030. The van der Waals surface area contributed by atoms with E-state index in [4.69, 9.17) is 9.47 Å². The van der Waals surface area contributed by atoms with E-state index in [1.807, 2.05) is 54.6 Å². The zero-order valence-corrected chi connectivity index (χ0v) is 17.8. The Morgan fingerprint density at radius 3 is 2.19 bits per heavy atom. The van der Waals surface area contributed by atoms with Gasteiger partial charge in [0.2, 0.25) is 11.8 Å². The number of carbonyl (C=O) groups excluding carboxylic acids is 2. The van der Waals surface area contributed by atoms with Crippen molar-refractivity contribution in [3.8, 4) is 11.5 Å². The number of nitrogens with one attached hydrogen (secondary N) is 2. The Hall–Kier alpha value is -4.13. The van der Waals surface area contributed by atoms with Gasteiger partial charge in [-0.25, -0.2) is 5.43 Å². The van der Waals surface area contributed by atoms with Gasteiger partial charge in [0.25, 0.3) is 0 Å². The molecule has 0 saturated carbocycles. The molecule has 7 nitrogen and oxygen atoms in total. The van der Waals surface area contributed by atoms with E-state index in [2.05, 4.69) is 15.8 Å². The molecule has 0 atom stereocenters. The van der Waals surface area contributed by atoms with Crippen LogP contribution in [0.15, 0.2) is 84.0 Å². The van der Waals surface area contributed by atoms with Gasteiger partial charge < -0.3 is 14.8 Å². The lowest BCUT2D eigenvalue weighted by Crippen LogP contribution is -2.20. The van der Waals surface area contributed by atoms with E-state index >= 15 is 0 Å². The summed E-state index contributed by atoms with van der Waals surface area (Å²) in [5, 5.41) is 6.67. The molecule has 2 amide bonds. The summed E-state index contributed by atoms with van der Waals surface area (Å²) in [7, 11) is 1.57. The second kappa shape index (κ2) is 11.9. The van der Waals surface area contributed by atoms with Crippen molar-refractivity contribution in [1.82, 2.24) is 5.43 Å². The molecular formula is C25H25N3O4. The van der Waals surface area contributed by atoms with Crippen LogP contribution in [0.5, 0.6) is 11.5 Å². The summed E-state index contributed by atoms with van der Waals surface area (Å²) in [6.45, 7) is 0.496. The maximum absolute atomic E-state index is 12.0. The number of benzene rings is 3. The molecule has 0 radical (unpaired) electrons. The minimum absolute atomic E-state index is 0.0333. The quantitative estimate of drug-likeness (QED) is 0.373. The second-order valence-electron chi connectivity index (χ2n) is 6.91. The third-order valence-electron chi connectivity index (χ3n) is 4.48. The molecular weight excluding hydrogens is 406 g/mol. The van der Waals surface area contributed by atoms with Gasteiger partial charge in [0, 0.05) is 18.5 Å². The van der Waals surface area contributed by atoms with Gasteiger partial charge in [0.15, 0.2) is 0 Å². The molecule has 0 spiro atoms. The number of hydrazone groups is 1. The molecule has 3 aromatic rings. The van der Waals surface area contributed by atoms with Gasteiger partial charge in [0.1, 0.15) is 18.1 Å². The molecule has 2 N–H and O–H groups in total. The fraction of sp³-hybridized carbons (Fsp3) is 0.160. The van der Waals surface area contributed by atoms with Gasteiger partial charge in [0.05, 0.1) is 13.3 Å². The molecule has 7 heteroatoms. The van der Waals surface area contributed by atoms with Crippen molar-refractivity contribution < 1.29 is 19.1 Å². The molecule has 0 bridgehead atoms. The molecule has 0 fully saturated rings. The van der Waals surface area contributed by atoms with Crippen LogP contribution in [0.25, 0.3) is 0 Å². The van der Waals surface area contributed by atoms with Crippen LogP contribution >= 0.6 is 0 Å². The number of hydrogen-bond acceptors (Lipinski definition) is 5. The van der Waals surface area contributed by atoms with Gasteiger partial charge in [-0.2, -0.15) is 5.10 Å². The van der Waals surface area contributed by atoms with Gasteiger partial charge in [-0.15, -0.1) is 0 Å². The maximum Gasteiger partial charge on any atom is 0.240 e. The molecule has 0 aromatic heterocycles. The van der Waals surface area contributed by atoms with Crippen molar-refractivity contribution in [1.29, 1.82) is 0 Å². The molecule has 3 aromatic carbocycles. The van der Waals surface area contributed by atoms with E-state index in [1.165, 1.54) is 6.21 Å². The number of rotatable bonds is 10. The molecule has 0 saturated heterocycles. The van der Waals surface area contributed by atoms with E-state index in [-0.39, 0.29) is 24.7 Å². The summed E-state index contributed by atoms with van der Waals surface area (Å²) in [6.07, 6.45) is 1.63. The third-order valence-corrected chi connectivity index (χ3v) is 4.48. The Kier molecular flexibility index (Phi) is 8.39. The number of hydrogen-bond donors (Lipinski definition) is 2. The smallest absolute Gasteiger partial charge is 0.240 e. The van der Waals surface area contributed by atoms with Crippen molar-refractivity contribution in [2.45, 2.75) is 19.4 Å². The van der Waals surface area contributed by atoms with E-state index in [1.54, 1.807) is 31.4 Å². The van der Waals surface area contributed by atoms with Crippen LogP contribution in [-0.2, 0) is 16.2 Å². The average Bonchev–Trinajstić information content (AvgIpc) is 2.83. The highest BCUT2D eigenvalue weighted by Gasteiger charge is 2.07. The molecule has 164 valence electrons. The zero-order valence-electron chi connectivity index (χ0n) is 17.8. The fourth-order valence-corrected chi connectivity index (χ4v) is 2.75. The van der Waals surface area contributed by atoms with Crippen molar-refractivity contribution in [3.05, 3.63) is 90.0 Å². The largest absolute Gasteiger partial charge is 0.497 e. The topological polar surface area (TPSA) is 89.0 Å². The van der Waals surface area contributed by atoms with E-state index < -0.39 is 0 Å². The van der Waals surface area contributed by atoms with E-state index in [0.29, 0.717) is 18.0 Å². The molecule has 3 rings (SSSR count). The molecule has 0 aliphatic rings. The van der Waals surface area contributed by atoms with Gasteiger partial charge >= 0.3 is 0 Å². The van der Waals surface area contributed by atoms with Crippen molar-refractivity contribution in [3.63, 3.8) is 0 Å². The highest BCUT2D eigenvalue weighted by atomic mass is 16.5. The number of methoxy groups -OCH3 is 1. The van der Waals surface area contributed by atoms with Crippen LogP contribution < -0.4 is 20.2 Å². The lowest BCUT2D eigenvalue weighted by atomic mass is 10.2. The van der Waals surface area contributed by atoms with Crippen LogP contribution in [-0.4, -0.2) is 25.1 Å². The van der Waals surface area contributed by atoms with Crippen LogP contribution in [0.1, 0.15) is 24.0 Å². The first-order chi connectivity index (χ1) is 15.6. The maximum atomic E-state index is 12.0. The summed E-state index contributed by atoms with van der Waals surface area (Å²) in [6, 6.07) is 24.3. The Morgan fingerprint density at radius 1 is 0.844 bits per heavy atom. The summed E-state index contributed by atoms with van der Waals surface area (Å²) in [4.78, 5) is 23.9. The minimum atomic E-state index is -0.339. The Balaban J connectivity index is 1.36. The summed E-state index contributed by atoms with van der Waals surface area (Å²) < 4.78 is 10.8. The highest BCUT2D eigenvalue weighted by Crippen LogP contribution is 2.15. The number of amides is 2. The summed E-state index contributed by atoms with van der Waals surface area (Å²) >= 11 is 0. The predicted molar refractivity (Wildman–Crippen MR) is 124 cm³/mol. The molecule has 0 aliphatic heterocycles. The minimum Gasteiger partial charge on any atom is -0.497 e. The SMILES string of the molecule is COc1ccc(NC(=O)CCC(=O)N/N=C\c2ccc(OCc3ccccc3)cc2)cc1. The molecule has 32 heavy (non-hydrogen) atoms. The Labute approximate surface area is 187 Å². The second-order valence-corrected chi connectivity index (χ2v) is 6.91. The van der Waals surface area contributed by atoms with Crippen molar-refractivity contribution >= 4 is 23.7 Å². The fourth-order valence-electron chi connectivity index (χ4n) is 2.75. The molecule has 0 unspecified atom stereocenters. The highest BCUT2D eigenvalue weighted by molar-refractivity contribution is 5.93. The first-order valence-corrected chi connectivity index (χ1v) is 10.1. The van der Waals surface area contributed by atoms with Crippen molar-refractivity contribution in [2.24, 2.45) is 5.10 Å². The van der Waals surface area contributed by atoms with Gasteiger partial charge in [-0.05, 0) is 59.7 Å². The number of ether oxygens (including phenoxy) is 2. The third kappa shape index (κ3) is 7.60. The summed E-state index contributed by atoms with van der Waals surface area (Å²) in [5.74, 6) is 0.863. The molecule has 0 aliphatic carbocycles. The lowest BCUT2D eigenvalue weighted by Gasteiger charge is -2.06. The van der Waals surface area contributed by atoms with Gasteiger partial charge in [-0.3, -0.25) is 9.59 Å². The van der Waals surface area contributed by atoms with Crippen LogP contribution in [0.4, 0.5) is 5.69 Å². The zero-order chi connectivity index (χ0) is 22.6. The van der Waals surface area contributed by atoms with E-state index in [0.717, 1.165) is 16.9 Å². The predicted octanol–water partition coefficient (Wildman–Crippen LogP) is 4.14. The normalized spacial score (nSPS) is 10.5. The standard InChI is InChI=1S/C25H25N3O4/c1-31-22-13-9-21(10-14-22)27-24(29)15-16-25(30)28-26-17-19-7-11-23(12-8-19)32-18-20-5-3-2-4-6-20/h2-14,17H,15-16,18H2,1H3,(H,27,29)(H,28,30)/b26-17-. The van der Waals surface area contributed by atoms with Crippen LogP contribution in [0.3, 0.4) is 0 Å². The van der Waals surface area contributed by atoms with Crippen LogP contribution in [0.2, 0.25) is 0 Å². The van der Waals surface area contributed by atoms with Crippen molar-refractivity contribution in [2.75, 3.05) is 12.4 Å².